The minimum atomic E-state index is -0.304. The average molecular weight is 436 g/mol. The van der Waals surface area contributed by atoms with Gasteiger partial charge in [0.2, 0.25) is 0 Å². The topological polar surface area (TPSA) is 71.1 Å². The molecule has 0 spiro atoms. The second-order valence-corrected chi connectivity index (χ2v) is 7.83. The highest BCUT2D eigenvalue weighted by molar-refractivity contribution is 6.36. The summed E-state index contributed by atoms with van der Waals surface area (Å²) in [7, 11) is 0. The van der Waals surface area contributed by atoms with E-state index in [1.807, 2.05) is 61.5 Å². The molecular formula is C25H29N3O4. The predicted octanol–water partition coefficient (Wildman–Crippen LogP) is 3.00. The van der Waals surface area contributed by atoms with Gasteiger partial charge < -0.3 is 14.8 Å². The summed E-state index contributed by atoms with van der Waals surface area (Å²) in [5, 5.41) is 3.21. The summed E-state index contributed by atoms with van der Waals surface area (Å²) in [5.74, 6) is 0.150. The summed E-state index contributed by atoms with van der Waals surface area (Å²) in [6, 6.07) is 16.8. The first-order chi connectivity index (χ1) is 15.7. The molecule has 0 bridgehead atoms. The van der Waals surface area contributed by atoms with Crippen LogP contribution in [0.5, 0.6) is 5.75 Å². The van der Waals surface area contributed by atoms with E-state index in [-0.39, 0.29) is 11.8 Å². The number of morpholine rings is 1. The lowest BCUT2D eigenvalue weighted by molar-refractivity contribution is -0.137. The van der Waals surface area contributed by atoms with Crippen molar-refractivity contribution in [2.75, 3.05) is 51.3 Å². The maximum Gasteiger partial charge on any atom is 0.278 e. The van der Waals surface area contributed by atoms with Crippen LogP contribution in [-0.4, -0.2) is 67.6 Å². The van der Waals surface area contributed by atoms with Crippen LogP contribution in [0.15, 0.2) is 60.3 Å². The Bertz CT molecular complexity index is 984. The van der Waals surface area contributed by atoms with Gasteiger partial charge in [0.25, 0.3) is 11.8 Å². The first kappa shape index (κ1) is 22.0. The van der Waals surface area contributed by atoms with Gasteiger partial charge in [-0.25, -0.2) is 0 Å². The van der Waals surface area contributed by atoms with Crippen LogP contribution in [0.4, 0.5) is 5.69 Å². The summed E-state index contributed by atoms with van der Waals surface area (Å²) in [4.78, 5) is 30.2. The van der Waals surface area contributed by atoms with Crippen molar-refractivity contribution < 1.29 is 19.1 Å². The largest absolute Gasteiger partial charge is 0.494 e. The lowest BCUT2D eigenvalue weighted by Gasteiger charge is -2.28. The highest BCUT2D eigenvalue weighted by atomic mass is 16.5. The van der Waals surface area contributed by atoms with Gasteiger partial charge >= 0.3 is 0 Å². The van der Waals surface area contributed by atoms with Gasteiger partial charge in [-0.3, -0.25) is 19.4 Å². The van der Waals surface area contributed by atoms with E-state index < -0.39 is 0 Å². The van der Waals surface area contributed by atoms with E-state index in [0.717, 1.165) is 30.8 Å². The van der Waals surface area contributed by atoms with Crippen LogP contribution >= 0.6 is 0 Å². The minimum absolute atomic E-state index is 0.268. The highest BCUT2D eigenvalue weighted by Crippen LogP contribution is 2.31. The molecule has 1 saturated heterocycles. The van der Waals surface area contributed by atoms with Gasteiger partial charge in [-0.15, -0.1) is 0 Å². The number of hydrogen-bond acceptors (Lipinski definition) is 6. The van der Waals surface area contributed by atoms with Gasteiger partial charge in [0.05, 0.1) is 25.4 Å². The zero-order valence-electron chi connectivity index (χ0n) is 18.4. The summed E-state index contributed by atoms with van der Waals surface area (Å²) in [6.07, 6.45) is 0.909. The fraction of sp³-hybridized carbons (Fsp3) is 0.360. The molecule has 2 aliphatic heterocycles. The molecule has 2 amide bonds. The molecule has 0 aromatic heterocycles. The Morgan fingerprint density at radius 2 is 1.75 bits per heavy atom. The fourth-order valence-corrected chi connectivity index (χ4v) is 3.86. The van der Waals surface area contributed by atoms with Gasteiger partial charge in [0, 0.05) is 37.9 Å². The molecule has 4 rings (SSSR count). The molecule has 0 atom stereocenters. The van der Waals surface area contributed by atoms with Crippen molar-refractivity contribution in [1.29, 1.82) is 0 Å². The van der Waals surface area contributed by atoms with Gasteiger partial charge in [-0.05, 0) is 24.1 Å². The lowest BCUT2D eigenvalue weighted by Crippen LogP contribution is -2.43. The Morgan fingerprint density at radius 3 is 2.50 bits per heavy atom. The maximum atomic E-state index is 13.3. The average Bonchev–Trinajstić information content (AvgIpc) is 3.06. The number of benzene rings is 2. The molecule has 0 saturated carbocycles. The second-order valence-electron chi connectivity index (χ2n) is 7.83. The molecule has 168 valence electrons. The lowest BCUT2D eigenvalue weighted by atomic mass is 10.0. The number of carbonyl (C=O) groups excluding carboxylic acids is 2. The molecule has 0 radical (unpaired) electrons. The number of carbonyl (C=O) groups is 2. The van der Waals surface area contributed by atoms with Gasteiger partial charge in [-0.1, -0.05) is 43.3 Å². The summed E-state index contributed by atoms with van der Waals surface area (Å²) in [6.45, 7) is 6.63. The number of rotatable bonds is 9. The van der Waals surface area contributed by atoms with Crippen molar-refractivity contribution >= 4 is 23.1 Å². The third kappa shape index (κ3) is 5.00. The van der Waals surface area contributed by atoms with Crippen molar-refractivity contribution in [3.8, 4) is 5.75 Å². The molecule has 1 N–H and O–H groups in total. The third-order valence-electron chi connectivity index (χ3n) is 5.55. The smallest absolute Gasteiger partial charge is 0.278 e. The van der Waals surface area contributed by atoms with Crippen molar-refractivity contribution in [2.24, 2.45) is 0 Å². The van der Waals surface area contributed by atoms with E-state index in [1.54, 1.807) is 0 Å². The number of nitrogens with zero attached hydrogens (tertiary/aromatic N) is 2. The van der Waals surface area contributed by atoms with Crippen molar-refractivity contribution in [2.45, 2.75) is 13.3 Å². The molecule has 2 aromatic rings. The molecule has 1 fully saturated rings. The van der Waals surface area contributed by atoms with Gasteiger partial charge in [0.1, 0.15) is 11.4 Å². The quantitative estimate of drug-likeness (QED) is 0.611. The third-order valence-corrected chi connectivity index (χ3v) is 5.55. The maximum absolute atomic E-state index is 13.3. The Kier molecular flexibility index (Phi) is 7.19. The van der Waals surface area contributed by atoms with Gasteiger partial charge in [0.15, 0.2) is 0 Å². The standard InChI is InChI=1S/C25H29N3O4/c1-2-15-32-21-10-6-9-20(18-21)26-23-22(19-7-4-3-5-8-19)24(29)28(25(23)30)12-11-27-13-16-31-17-14-27/h3-10,18,26H,2,11-17H2,1H3. The van der Waals surface area contributed by atoms with E-state index in [4.69, 9.17) is 9.47 Å². The zero-order valence-corrected chi connectivity index (χ0v) is 18.4. The van der Waals surface area contributed by atoms with Crippen LogP contribution < -0.4 is 10.1 Å². The molecule has 0 aliphatic carbocycles. The highest BCUT2D eigenvalue weighted by Gasteiger charge is 2.39. The Balaban J connectivity index is 1.58. The van der Waals surface area contributed by atoms with Crippen molar-refractivity contribution in [3.05, 3.63) is 65.9 Å². The number of ether oxygens (including phenoxy) is 2. The minimum Gasteiger partial charge on any atom is -0.494 e. The van der Waals surface area contributed by atoms with Crippen LogP contribution in [0.25, 0.3) is 5.57 Å². The predicted molar refractivity (Wildman–Crippen MR) is 123 cm³/mol. The Labute approximate surface area is 188 Å². The van der Waals surface area contributed by atoms with Crippen LogP contribution in [0.1, 0.15) is 18.9 Å². The monoisotopic (exact) mass is 435 g/mol. The summed E-state index contributed by atoms with van der Waals surface area (Å²) < 4.78 is 11.1. The second kappa shape index (κ2) is 10.4. The molecule has 2 aliphatic rings. The Hall–Kier alpha value is -3.16. The number of nitrogens with one attached hydrogen (secondary N) is 1. The summed E-state index contributed by atoms with van der Waals surface area (Å²) in [5.41, 5.74) is 2.13. The first-order valence-corrected chi connectivity index (χ1v) is 11.1. The van der Waals surface area contributed by atoms with Crippen LogP contribution in [0.3, 0.4) is 0 Å². The normalized spacial score (nSPS) is 17.2. The molecule has 7 heteroatoms. The molecular weight excluding hydrogens is 406 g/mol. The number of imide groups is 1. The first-order valence-electron chi connectivity index (χ1n) is 11.1. The molecule has 2 aromatic carbocycles. The fourth-order valence-electron chi connectivity index (χ4n) is 3.86. The zero-order chi connectivity index (χ0) is 22.3. The molecule has 7 nitrogen and oxygen atoms in total. The van der Waals surface area contributed by atoms with E-state index in [2.05, 4.69) is 10.2 Å². The molecule has 0 unspecified atom stereocenters. The van der Waals surface area contributed by atoms with Crippen molar-refractivity contribution in [3.63, 3.8) is 0 Å². The molecule has 32 heavy (non-hydrogen) atoms. The number of amides is 2. The van der Waals surface area contributed by atoms with E-state index in [1.165, 1.54) is 4.90 Å². The van der Waals surface area contributed by atoms with E-state index in [9.17, 15) is 9.59 Å². The SMILES string of the molecule is CCCOc1cccc(NC2=C(c3ccccc3)C(=O)N(CCN3CCOCC3)C2=O)c1. The van der Waals surface area contributed by atoms with E-state index >= 15 is 0 Å². The van der Waals surface area contributed by atoms with Crippen molar-refractivity contribution in [1.82, 2.24) is 9.80 Å². The van der Waals surface area contributed by atoms with Gasteiger partial charge in [-0.2, -0.15) is 0 Å². The number of hydrogen-bond donors (Lipinski definition) is 1. The Morgan fingerprint density at radius 1 is 0.969 bits per heavy atom. The van der Waals surface area contributed by atoms with Crippen LogP contribution in [0.2, 0.25) is 0 Å². The number of anilines is 1. The molecule has 2 heterocycles. The van der Waals surface area contributed by atoms with Crippen LogP contribution in [0, 0.1) is 0 Å². The van der Waals surface area contributed by atoms with E-state index in [0.29, 0.717) is 49.9 Å². The summed E-state index contributed by atoms with van der Waals surface area (Å²) >= 11 is 0. The van der Waals surface area contributed by atoms with Crippen LogP contribution in [-0.2, 0) is 14.3 Å².